The van der Waals surface area contributed by atoms with Gasteiger partial charge in [0.15, 0.2) is 8.38 Å². The second-order valence-electron chi connectivity index (χ2n) is 2.48. The lowest BCUT2D eigenvalue weighted by atomic mass is 10.4. The van der Waals surface area contributed by atoms with Gasteiger partial charge in [-0.1, -0.05) is 0 Å². The van der Waals surface area contributed by atoms with Crippen molar-refractivity contribution in [2.75, 3.05) is 32.8 Å². The number of alkyl halides is 1. The van der Waals surface area contributed by atoms with Crippen LogP contribution in [0.25, 0.3) is 0 Å². The Labute approximate surface area is 85.8 Å². The van der Waals surface area contributed by atoms with Crippen LogP contribution in [0.2, 0.25) is 0 Å². The SMILES string of the molecule is CCOP(COC(CN)CF)OCC. The molecule has 0 spiro atoms. The fourth-order valence-electron chi connectivity index (χ4n) is 0.742. The van der Waals surface area contributed by atoms with Crippen LogP contribution >= 0.6 is 8.38 Å². The van der Waals surface area contributed by atoms with Crippen molar-refractivity contribution < 1.29 is 18.2 Å². The van der Waals surface area contributed by atoms with Gasteiger partial charge in [-0.15, -0.1) is 0 Å². The van der Waals surface area contributed by atoms with Gasteiger partial charge in [0.1, 0.15) is 13.0 Å². The number of halogens is 1. The van der Waals surface area contributed by atoms with E-state index >= 15 is 0 Å². The average Bonchev–Trinajstić information content (AvgIpc) is 2.20. The minimum Gasteiger partial charge on any atom is -0.365 e. The molecule has 1 atom stereocenters. The van der Waals surface area contributed by atoms with Crippen LogP contribution in [0.4, 0.5) is 4.39 Å². The number of rotatable bonds is 9. The summed E-state index contributed by atoms with van der Waals surface area (Å²) >= 11 is 0. The van der Waals surface area contributed by atoms with E-state index < -0.39 is 21.2 Å². The molecule has 0 saturated carbocycles. The molecule has 2 N–H and O–H groups in total. The molecule has 1 unspecified atom stereocenters. The minimum absolute atomic E-state index is 0.178. The lowest BCUT2D eigenvalue weighted by molar-refractivity contribution is 0.0620. The van der Waals surface area contributed by atoms with Crippen LogP contribution in [-0.4, -0.2) is 38.9 Å². The fourth-order valence-corrected chi connectivity index (χ4v) is 1.87. The van der Waals surface area contributed by atoms with Crippen LogP contribution in [0.5, 0.6) is 0 Å². The van der Waals surface area contributed by atoms with Gasteiger partial charge in [-0.3, -0.25) is 0 Å². The van der Waals surface area contributed by atoms with Crippen molar-refractivity contribution in [3.63, 3.8) is 0 Å². The molecular formula is C8H19FNO3P. The number of hydrogen-bond acceptors (Lipinski definition) is 4. The maximum absolute atomic E-state index is 12.2. The second-order valence-corrected chi connectivity index (χ2v) is 3.92. The summed E-state index contributed by atoms with van der Waals surface area (Å²) in [7, 11) is -1.05. The van der Waals surface area contributed by atoms with Gasteiger partial charge in [0.2, 0.25) is 0 Å². The van der Waals surface area contributed by atoms with E-state index in [2.05, 4.69) is 0 Å². The quantitative estimate of drug-likeness (QED) is 0.608. The van der Waals surface area contributed by atoms with Crippen molar-refractivity contribution in [3.05, 3.63) is 0 Å². The molecule has 0 radical (unpaired) electrons. The van der Waals surface area contributed by atoms with Gasteiger partial charge >= 0.3 is 0 Å². The van der Waals surface area contributed by atoms with Gasteiger partial charge in [0.25, 0.3) is 0 Å². The Kier molecular flexibility index (Phi) is 9.88. The molecule has 0 heterocycles. The first-order valence-corrected chi connectivity index (χ1v) is 6.05. The molecule has 0 aliphatic carbocycles. The molecular weight excluding hydrogens is 208 g/mol. The monoisotopic (exact) mass is 227 g/mol. The summed E-state index contributed by atoms with van der Waals surface area (Å²) in [5.41, 5.74) is 5.28. The van der Waals surface area contributed by atoms with Crippen LogP contribution in [0.1, 0.15) is 13.8 Å². The summed E-state index contributed by atoms with van der Waals surface area (Å²) < 4.78 is 27.9. The first-order valence-electron chi connectivity index (χ1n) is 4.69. The summed E-state index contributed by atoms with van der Waals surface area (Å²) in [6.07, 6.45) is -0.260. The Morgan fingerprint density at radius 2 is 1.86 bits per heavy atom. The van der Waals surface area contributed by atoms with Crippen molar-refractivity contribution >= 4 is 8.38 Å². The van der Waals surface area contributed by atoms with Gasteiger partial charge in [-0.05, 0) is 13.8 Å². The topological polar surface area (TPSA) is 53.7 Å². The third kappa shape index (κ3) is 6.62. The summed E-state index contributed by atoms with van der Waals surface area (Å²) in [5.74, 6) is 0. The highest BCUT2D eigenvalue weighted by molar-refractivity contribution is 7.47. The van der Waals surface area contributed by atoms with E-state index in [1.807, 2.05) is 13.8 Å². The van der Waals surface area contributed by atoms with Gasteiger partial charge in [0.05, 0.1) is 19.3 Å². The first kappa shape index (κ1) is 14.2. The lowest BCUT2D eigenvalue weighted by Crippen LogP contribution is -2.26. The number of nitrogens with two attached hydrogens (primary N) is 1. The number of hydrogen-bond donors (Lipinski definition) is 1. The molecule has 14 heavy (non-hydrogen) atoms. The third-order valence-electron chi connectivity index (χ3n) is 1.40. The summed E-state index contributed by atoms with van der Waals surface area (Å²) in [5, 5.41) is 0. The first-order chi connectivity index (χ1) is 6.78. The zero-order valence-electron chi connectivity index (χ0n) is 8.74. The smallest absolute Gasteiger partial charge is 0.198 e. The van der Waals surface area contributed by atoms with Crippen molar-refractivity contribution in [2.45, 2.75) is 20.0 Å². The zero-order valence-corrected chi connectivity index (χ0v) is 9.63. The Morgan fingerprint density at radius 3 is 2.21 bits per heavy atom. The molecule has 0 aromatic rings. The Balaban J connectivity index is 3.67. The Morgan fingerprint density at radius 1 is 1.29 bits per heavy atom. The van der Waals surface area contributed by atoms with Crippen LogP contribution in [0.3, 0.4) is 0 Å². The maximum Gasteiger partial charge on any atom is 0.198 e. The minimum atomic E-state index is -1.05. The summed E-state index contributed by atoms with van der Waals surface area (Å²) in [6, 6.07) is 0. The second kappa shape index (κ2) is 9.74. The Hall–Kier alpha value is 0.200. The number of ether oxygens (including phenoxy) is 1. The maximum atomic E-state index is 12.2. The predicted molar refractivity (Wildman–Crippen MR) is 54.9 cm³/mol. The highest BCUT2D eigenvalue weighted by Gasteiger charge is 2.13. The van der Waals surface area contributed by atoms with Crippen molar-refractivity contribution in [3.8, 4) is 0 Å². The molecule has 0 fully saturated rings. The van der Waals surface area contributed by atoms with E-state index in [9.17, 15) is 4.39 Å². The van der Waals surface area contributed by atoms with Gasteiger partial charge in [0, 0.05) is 6.54 Å². The van der Waals surface area contributed by atoms with Crippen LogP contribution in [0, 0.1) is 0 Å². The molecule has 0 saturated heterocycles. The predicted octanol–water partition coefficient (Wildman–Crippen LogP) is 1.64. The zero-order chi connectivity index (χ0) is 10.8. The highest BCUT2D eigenvalue weighted by atomic mass is 31.2. The van der Waals surface area contributed by atoms with E-state index in [-0.39, 0.29) is 12.9 Å². The van der Waals surface area contributed by atoms with Crippen molar-refractivity contribution in [1.82, 2.24) is 0 Å². The van der Waals surface area contributed by atoms with Gasteiger partial charge in [-0.25, -0.2) is 4.39 Å². The van der Waals surface area contributed by atoms with E-state index in [1.165, 1.54) is 0 Å². The Bertz CT molecular complexity index is 121. The molecule has 6 heteroatoms. The highest BCUT2D eigenvalue weighted by Crippen LogP contribution is 2.37. The standard InChI is InChI=1S/C8H19FNO3P/c1-3-12-14(13-4-2)7-11-8(5-9)6-10/h8H,3-7,10H2,1-2H3. The lowest BCUT2D eigenvalue weighted by Gasteiger charge is -2.18. The van der Waals surface area contributed by atoms with E-state index in [0.29, 0.717) is 13.2 Å². The van der Waals surface area contributed by atoms with Crippen LogP contribution < -0.4 is 5.73 Å². The summed E-state index contributed by atoms with van der Waals surface area (Å²) in [6.45, 7) is 4.50. The molecule has 0 amide bonds. The van der Waals surface area contributed by atoms with Crippen LogP contribution in [-0.2, 0) is 13.8 Å². The molecule has 0 aromatic heterocycles. The normalized spacial score (nSPS) is 13.5. The molecule has 0 bridgehead atoms. The molecule has 86 valence electrons. The largest absolute Gasteiger partial charge is 0.365 e. The van der Waals surface area contributed by atoms with Crippen LogP contribution in [0.15, 0.2) is 0 Å². The molecule has 4 nitrogen and oxygen atoms in total. The molecule has 0 aromatic carbocycles. The molecule has 0 rings (SSSR count). The van der Waals surface area contributed by atoms with E-state index in [1.54, 1.807) is 0 Å². The average molecular weight is 227 g/mol. The summed E-state index contributed by atoms with van der Waals surface area (Å²) in [4.78, 5) is 0. The fraction of sp³-hybridized carbons (Fsp3) is 1.00. The molecule has 0 aliphatic rings. The third-order valence-corrected chi connectivity index (χ3v) is 2.85. The van der Waals surface area contributed by atoms with E-state index in [0.717, 1.165) is 0 Å². The van der Waals surface area contributed by atoms with E-state index in [4.69, 9.17) is 19.5 Å². The van der Waals surface area contributed by atoms with Crippen molar-refractivity contribution in [2.24, 2.45) is 5.73 Å². The van der Waals surface area contributed by atoms with Gasteiger partial charge in [-0.2, -0.15) is 0 Å². The van der Waals surface area contributed by atoms with Gasteiger partial charge < -0.3 is 19.5 Å². The molecule has 0 aliphatic heterocycles. The van der Waals surface area contributed by atoms with Crippen molar-refractivity contribution in [1.29, 1.82) is 0 Å².